The summed E-state index contributed by atoms with van der Waals surface area (Å²) in [6.45, 7) is 0.485. The van der Waals surface area contributed by atoms with Gasteiger partial charge in [0, 0.05) is 5.92 Å². The predicted molar refractivity (Wildman–Crippen MR) is 74.1 cm³/mol. The Morgan fingerprint density at radius 2 is 1.24 bits per heavy atom. The molecule has 2 aromatic carbocycles. The highest BCUT2D eigenvalue weighted by molar-refractivity contribution is 5.50. The first kappa shape index (κ1) is 12.3. The first-order valence-corrected chi connectivity index (χ1v) is 6.75. The van der Waals surface area contributed by atoms with E-state index in [1.54, 1.807) is 0 Å². The van der Waals surface area contributed by atoms with E-state index in [9.17, 15) is 5.11 Å². The van der Waals surface area contributed by atoms with Gasteiger partial charge in [-0.1, -0.05) is 12.1 Å². The second kappa shape index (κ2) is 4.86. The second-order valence-electron chi connectivity index (χ2n) is 4.96. The summed E-state index contributed by atoms with van der Waals surface area (Å²) < 4.78 is 21.4. The average molecular weight is 286 g/mol. The maximum Gasteiger partial charge on any atom is 0.231 e. The number of fused-ring (bicyclic) bond motifs is 2. The fourth-order valence-corrected chi connectivity index (χ4v) is 2.66. The Kier molecular flexibility index (Phi) is 2.86. The van der Waals surface area contributed by atoms with Crippen LogP contribution in [-0.4, -0.2) is 25.3 Å². The molecule has 5 nitrogen and oxygen atoms in total. The van der Waals surface area contributed by atoms with Gasteiger partial charge in [-0.05, 0) is 35.4 Å². The van der Waals surface area contributed by atoms with Crippen molar-refractivity contribution in [3.63, 3.8) is 0 Å². The molecule has 1 N–H and O–H groups in total. The van der Waals surface area contributed by atoms with Crippen molar-refractivity contribution in [2.45, 2.75) is 5.92 Å². The highest BCUT2D eigenvalue weighted by Crippen LogP contribution is 2.39. The molecule has 108 valence electrons. The lowest BCUT2D eigenvalue weighted by molar-refractivity contribution is 0.173. The van der Waals surface area contributed by atoms with Gasteiger partial charge in [0.15, 0.2) is 23.0 Å². The standard InChI is InChI=1S/C16H14O5/c17-7-12(10-1-3-13-15(5-10)20-8-18-13)11-2-4-14-16(6-11)21-9-19-14/h1-6,12,17H,7-9H2. The minimum Gasteiger partial charge on any atom is -0.454 e. The van der Waals surface area contributed by atoms with E-state index in [-0.39, 0.29) is 26.1 Å². The molecule has 2 aromatic rings. The maximum absolute atomic E-state index is 9.79. The number of aliphatic hydroxyl groups excluding tert-OH is 1. The first-order valence-electron chi connectivity index (χ1n) is 6.75. The minimum absolute atomic E-state index is 0.000707. The maximum atomic E-state index is 9.79. The summed E-state index contributed by atoms with van der Waals surface area (Å²) in [7, 11) is 0. The van der Waals surface area contributed by atoms with Crippen molar-refractivity contribution in [1.82, 2.24) is 0 Å². The van der Waals surface area contributed by atoms with E-state index in [2.05, 4.69) is 0 Å². The van der Waals surface area contributed by atoms with E-state index >= 15 is 0 Å². The molecule has 0 aromatic heterocycles. The third-order valence-electron chi connectivity index (χ3n) is 3.78. The molecule has 0 amide bonds. The molecule has 2 aliphatic heterocycles. The van der Waals surface area contributed by atoms with Gasteiger partial charge in [-0.3, -0.25) is 0 Å². The van der Waals surface area contributed by atoms with Crippen LogP contribution in [0.3, 0.4) is 0 Å². The van der Waals surface area contributed by atoms with Crippen molar-refractivity contribution in [2.24, 2.45) is 0 Å². The molecule has 0 spiro atoms. The second-order valence-corrected chi connectivity index (χ2v) is 4.96. The van der Waals surface area contributed by atoms with Crippen LogP contribution in [0.5, 0.6) is 23.0 Å². The first-order chi connectivity index (χ1) is 10.3. The van der Waals surface area contributed by atoms with Gasteiger partial charge in [0.05, 0.1) is 6.61 Å². The lowest BCUT2D eigenvalue weighted by Crippen LogP contribution is -2.06. The topological polar surface area (TPSA) is 57.2 Å². The van der Waals surface area contributed by atoms with E-state index < -0.39 is 0 Å². The van der Waals surface area contributed by atoms with Gasteiger partial charge >= 0.3 is 0 Å². The van der Waals surface area contributed by atoms with Gasteiger partial charge in [0.1, 0.15) is 0 Å². The van der Waals surface area contributed by atoms with E-state index in [1.165, 1.54) is 0 Å². The predicted octanol–water partition coefficient (Wildman–Crippen LogP) is 2.27. The van der Waals surface area contributed by atoms with Crippen LogP contribution in [0.25, 0.3) is 0 Å². The lowest BCUT2D eigenvalue weighted by atomic mass is 9.91. The average Bonchev–Trinajstić information content (AvgIpc) is 3.15. The summed E-state index contributed by atoms with van der Waals surface area (Å²) in [6, 6.07) is 11.4. The summed E-state index contributed by atoms with van der Waals surface area (Å²) in [4.78, 5) is 0. The SMILES string of the molecule is OCC(c1ccc2c(c1)OCO2)c1ccc2c(c1)OCO2. The Morgan fingerprint density at radius 1 is 0.762 bits per heavy atom. The van der Waals surface area contributed by atoms with Crippen LogP contribution in [0.1, 0.15) is 17.0 Å². The third-order valence-corrected chi connectivity index (χ3v) is 3.78. The monoisotopic (exact) mass is 286 g/mol. The molecule has 4 rings (SSSR count). The molecule has 0 aliphatic carbocycles. The smallest absolute Gasteiger partial charge is 0.231 e. The van der Waals surface area contributed by atoms with Crippen LogP contribution in [-0.2, 0) is 0 Å². The molecule has 2 aliphatic rings. The Bertz CT molecular complexity index is 625. The Hall–Kier alpha value is -2.40. The summed E-state index contributed by atoms with van der Waals surface area (Å²) >= 11 is 0. The van der Waals surface area contributed by atoms with Crippen molar-refractivity contribution in [1.29, 1.82) is 0 Å². The van der Waals surface area contributed by atoms with Crippen LogP contribution in [0.2, 0.25) is 0 Å². The Balaban J connectivity index is 1.71. The highest BCUT2D eigenvalue weighted by atomic mass is 16.7. The van der Waals surface area contributed by atoms with Crippen LogP contribution >= 0.6 is 0 Å². The molecular weight excluding hydrogens is 272 g/mol. The number of benzene rings is 2. The Labute approximate surface area is 121 Å². The molecule has 2 heterocycles. The van der Waals surface area contributed by atoms with Crippen molar-refractivity contribution in [2.75, 3.05) is 20.2 Å². The van der Waals surface area contributed by atoms with Crippen molar-refractivity contribution in [3.05, 3.63) is 47.5 Å². The van der Waals surface area contributed by atoms with Crippen molar-refractivity contribution in [3.8, 4) is 23.0 Å². The molecule has 0 unspecified atom stereocenters. The van der Waals surface area contributed by atoms with Crippen LogP contribution in [0.15, 0.2) is 36.4 Å². The summed E-state index contributed by atoms with van der Waals surface area (Å²) in [5.41, 5.74) is 1.95. The molecule has 0 saturated heterocycles. The minimum atomic E-state index is -0.144. The number of hydrogen-bond acceptors (Lipinski definition) is 5. The van der Waals surface area contributed by atoms with Gasteiger partial charge in [0.25, 0.3) is 0 Å². The number of ether oxygens (including phenoxy) is 4. The summed E-state index contributed by atoms with van der Waals surface area (Å²) in [5.74, 6) is 2.76. The molecule has 21 heavy (non-hydrogen) atoms. The highest BCUT2D eigenvalue weighted by Gasteiger charge is 2.21. The van der Waals surface area contributed by atoms with E-state index in [1.807, 2.05) is 36.4 Å². The number of aliphatic hydroxyl groups is 1. The quantitative estimate of drug-likeness (QED) is 0.938. The lowest BCUT2D eigenvalue weighted by Gasteiger charge is -2.16. The molecule has 0 radical (unpaired) electrons. The van der Waals surface area contributed by atoms with Crippen molar-refractivity contribution >= 4 is 0 Å². The molecular formula is C16H14O5. The van der Waals surface area contributed by atoms with Gasteiger partial charge in [-0.15, -0.1) is 0 Å². The molecule has 0 atom stereocenters. The van der Waals surface area contributed by atoms with E-state index in [0.717, 1.165) is 22.6 Å². The molecule has 5 heteroatoms. The number of hydrogen-bond donors (Lipinski definition) is 1. The molecule has 0 fully saturated rings. The fraction of sp³-hybridized carbons (Fsp3) is 0.250. The van der Waals surface area contributed by atoms with Gasteiger partial charge in [0.2, 0.25) is 13.6 Å². The van der Waals surface area contributed by atoms with Crippen LogP contribution < -0.4 is 18.9 Å². The fourth-order valence-electron chi connectivity index (χ4n) is 2.66. The van der Waals surface area contributed by atoms with E-state index in [0.29, 0.717) is 11.5 Å². The van der Waals surface area contributed by atoms with Crippen LogP contribution in [0, 0.1) is 0 Å². The normalized spacial score (nSPS) is 14.8. The largest absolute Gasteiger partial charge is 0.454 e. The zero-order valence-corrected chi connectivity index (χ0v) is 11.2. The van der Waals surface area contributed by atoms with Gasteiger partial charge in [-0.25, -0.2) is 0 Å². The molecule has 0 saturated carbocycles. The van der Waals surface area contributed by atoms with Crippen molar-refractivity contribution < 1.29 is 24.1 Å². The Morgan fingerprint density at radius 3 is 1.71 bits per heavy atom. The third kappa shape index (κ3) is 2.06. The summed E-state index contributed by atoms with van der Waals surface area (Å²) in [6.07, 6.45) is 0. The zero-order valence-electron chi connectivity index (χ0n) is 11.2. The van der Waals surface area contributed by atoms with E-state index in [4.69, 9.17) is 18.9 Å². The van der Waals surface area contributed by atoms with Crippen LogP contribution in [0.4, 0.5) is 0 Å². The molecule has 0 bridgehead atoms. The number of rotatable bonds is 3. The van der Waals surface area contributed by atoms with Gasteiger partial charge < -0.3 is 24.1 Å². The summed E-state index contributed by atoms with van der Waals surface area (Å²) in [5, 5.41) is 9.79. The zero-order chi connectivity index (χ0) is 14.2. The van der Waals surface area contributed by atoms with Gasteiger partial charge in [-0.2, -0.15) is 0 Å².